The van der Waals surface area contributed by atoms with Crippen LogP contribution in [0.3, 0.4) is 0 Å². The van der Waals surface area contributed by atoms with E-state index < -0.39 is 0 Å². The first-order chi connectivity index (χ1) is 10.2. The Morgan fingerprint density at radius 3 is 2.81 bits per heavy atom. The Bertz CT molecular complexity index is 717. The molecule has 106 valence electrons. The molecule has 21 heavy (non-hydrogen) atoms. The number of benzene rings is 1. The largest absolute Gasteiger partial charge is 0.472 e. The van der Waals surface area contributed by atoms with Gasteiger partial charge in [-0.2, -0.15) is 5.10 Å². The van der Waals surface area contributed by atoms with Crippen LogP contribution in [0.1, 0.15) is 15.9 Å². The molecule has 2 aromatic heterocycles. The summed E-state index contributed by atoms with van der Waals surface area (Å²) in [7, 11) is 1.76. The molecule has 0 radical (unpaired) electrons. The third-order valence-corrected chi connectivity index (χ3v) is 3.19. The van der Waals surface area contributed by atoms with E-state index in [1.165, 1.54) is 12.5 Å². The minimum Gasteiger partial charge on any atom is -0.472 e. The van der Waals surface area contributed by atoms with Crippen molar-refractivity contribution in [1.82, 2.24) is 14.7 Å². The average Bonchev–Trinajstić information content (AvgIpc) is 3.19. The van der Waals surface area contributed by atoms with Crippen molar-refractivity contribution in [1.29, 1.82) is 0 Å². The lowest BCUT2D eigenvalue weighted by Gasteiger charge is -2.14. The Balaban J connectivity index is 1.71. The van der Waals surface area contributed by atoms with E-state index in [0.29, 0.717) is 12.1 Å². The second kappa shape index (κ2) is 5.66. The summed E-state index contributed by atoms with van der Waals surface area (Å²) in [4.78, 5) is 13.8. The molecule has 0 fully saturated rings. The Kier molecular flexibility index (Phi) is 3.55. The molecule has 3 aromatic rings. The van der Waals surface area contributed by atoms with E-state index >= 15 is 0 Å². The third-order valence-electron chi connectivity index (χ3n) is 3.19. The molecule has 1 amide bonds. The Labute approximate surface area is 122 Å². The molecule has 1 aromatic carbocycles. The number of nitrogens with zero attached hydrogens (tertiary/aromatic N) is 3. The van der Waals surface area contributed by atoms with Crippen LogP contribution >= 0.6 is 0 Å². The summed E-state index contributed by atoms with van der Waals surface area (Å²) in [5.74, 6) is -0.0730. The third kappa shape index (κ3) is 2.86. The van der Waals surface area contributed by atoms with Gasteiger partial charge in [0.2, 0.25) is 0 Å². The van der Waals surface area contributed by atoms with Gasteiger partial charge in [0.1, 0.15) is 6.26 Å². The summed E-state index contributed by atoms with van der Waals surface area (Å²) < 4.78 is 6.73. The first-order valence-corrected chi connectivity index (χ1v) is 6.60. The molecule has 0 N–H and O–H groups in total. The maximum Gasteiger partial charge on any atom is 0.257 e. The fourth-order valence-electron chi connectivity index (χ4n) is 2.12. The highest BCUT2D eigenvalue weighted by Crippen LogP contribution is 2.11. The van der Waals surface area contributed by atoms with Gasteiger partial charge in [0.15, 0.2) is 0 Å². The second-order valence-electron chi connectivity index (χ2n) is 4.80. The van der Waals surface area contributed by atoms with E-state index in [2.05, 4.69) is 5.10 Å². The fraction of sp³-hybridized carbons (Fsp3) is 0.125. The highest BCUT2D eigenvalue weighted by Gasteiger charge is 2.13. The number of hydrogen-bond acceptors (Lipinski definition) is 3. The van der Waals surface area contributed by atoms with E-state index in [-0.39, 0.29) is 5.91 Å². The smallest absolute Gasteiger partial charge is 0.257 e. The van der Waals surface area contributed by atoms with Crippen LogP contribution in [0.4, 0.5) is 0 Å². The molecule has 0 atom stereocenters. The van der Waals surface area contributed by atoms with Gasteiger partial charge in [0.05, 0.1) is 23.7 Å². The molecule has 0 aliphatic heterocycles. The first-order valence-electron chi connectivity index (χ1n) is 6.60. The lowest BCUT2D eigenvalue weighted by atomic mass is 10.2. The van der Waals surface area contributed by atoms with E-state index in [0.717, 1.165) is 11.3 Å². The van der Waals surface area contributed by atoms with Crippen LogP contribution in [0.2, 0.25) is 0 Å². The maximum absolute atomic E-state index is 12.1. The molecule has 0 saturated carbocycles. The summed E-state index contributed by atoms with van der Waals surface area (Å²) in [6.07, 6.45) is 6.64. The zero-order valence-electron chi connectivity index (χ0n) is 11.6. The van der Waals surface area contributed by atoms with Gasteiger partial charge in [0.25, 0.3) is 5.91 Å². The highest BCUT2D eigenvalue weighted by molar-refractivity contribution is 5.93. The summed E-state index contributed by atoms with van der Waals surface area (Å²) in [5.41, 5.74) is 2.51. The monoisotopic (exact) mass is 281 g/mol. The predicted molar refractivity (Wildman–Crippen MR) is 78.1 cm³/mol. The lowest BCUT2D eigenvalue weighted by Crippen LogP contribution is -2.25. The lowest BCUT2D eigenvalue weighted by molar-refractivity contribution is 0.0784. The van der Waals surface area contributed by atoms with E-state index in [1.807, 2.05) is 36.5 Å². The molecule has 2 heterocycles. The molecule has 0 spiro atoms. The zero-order chi connectivity index (χ0) is 14.7. The van der Waals surface area contributed by atoms with E-state index in [4.69, 9.17) is 4.42 Å². The zero-order valence-corrected chi connectivity index (χ0v) is 11.6. The van der Waals surface area contributed by atoms with Gasteiger partial charge in [-0.25, -0.2) is 4.68 Å². The van der Waals surface area contributed by atoms with Gasteiger partial charge in [-0.15, -0.1) is 0 Å². The maximum atomic E-state index is 12.1. The average molecular weight is 281 g/mol. The van der Waals surface area contributed by atoms with Crippen LogP contribution < -0.4 is 0 Å². The van der Waals surface area contributed by atoms with Crippen molar-refractivity contribution in [2.24, 2.45) is 0 Å². The Morgan fingerprint density at radius 2 is 2.10 bits per heavy atom. The molecular formula is C16H15N3O2. The number of hydrogen-bond donors (Lipinski definition) is 0. The van der Waals surface area contributed by atoms with Gasteiger partial charge in [0, 0.05) is 25.4 Å². The molecular weight excluding hydrogens is 266 g/mol. The molecule has 0 aliphatic carbocycles. The number of furan rings is 1. The Hall–Kier alpha value is -2.82. The van der Waals surface area contributed by atoms with Crippen molar-refractivity contribution in [2.45, 2.75) is 6.54 Å². The van der Waals surface area contributed by atoms with Crippen molar-refractivity contribution >= 4 is 5.91 Å². The summed E-state index contributed by atoms with van der Waals surface area (Å²) in [6.45, 7) is 0.497. The van der Waals surface area contributed by atoms with Crippen LogP contribution in [-0.2, 0) is 6.54 Å². The second-order valence-corrected chi connectivity index (χ2v) is 4.80. The van der Waals surface area contributed by atoms with Crippen LogP contribution in [0.15, 0.2) is 65.7 Å². The van der Waals surface area contributed by atoms with Crippen LogP contribution in [0.25, 0.3) is 5.69 Å². The predicted octanol–water partition coefficient (Wildman–Crippen LogP) is 2.74. The molecule has 0 aliphatic rings. The van der Waals surface area contributed by atoms with Crippen LogP contribution in [0, 0.1) is 0 Å². The molecule has 3 rings (SSSR count). The quantitative estimate of drug-likeness (QED) is 0.739. The summed E-state index contributed by atoms with van der Waals surface area (Å²) in [5, 5.41) is 4.32. The van der Waals surface area contributed by atoms with E-state index in [1.54, 1.807) is 28.9 Å². The fourth-order valence-corrected chi connectivity index (χ4v) is 2.12. The van der Waals surface area contributed by atoms with Gasteiger partial charge >= 0.3 is 0 Å². The van der Waals surface area contributed by atoms with Crippen molar-refractivity contribution in [3.8, 4) is 5.69 Å². The van der Waals surface area contributed by atoms with Gasteiger partial charge in [-0.1, -0.05) is 18.2 Å². The van der Waals surface area contributed by atoms with Crippen molar-refractivity contribution in [3.63, 3.8) is 0 Å². The highest BCUT2D eigenvalue weighted by atomic mass is 16.3. The number of para-hydroxylation sites is 1. The summed E-state index contributed by atoms with van der Waals surface area (Å²) >= 11 is 0. The van der Waals surface area contributed by atoms with Crippen LogP contribution in [0.5, 0.6) is 0 Å². The molecule has 0 saturated heterocycles. The topological polar surface area (TPSA) is 51.3 Å². The number of amides is 1. The van der Waals surface area contributed by atoms with Gasteiger partial charge in [-0.05, 0) is 18.2 Å². The normalized spacial score (nSPS) is 10.5. The molecule has 5 nitrogen and oxygen atoms in total. The van der Waals surface area contributed by atoms with Gasteiger partial charge < -0.3 is 9.32 Å². The van der Waals surface area contributed by atoms with Crippen molar-refractivity contribution < 1.29 is 9.21 Å². The standard InChI is InChI=1S/C16H15N3O2/c1-18(16(20)14-7-8-21-12-14)10-13-9-17-19(11-13)15-5-3-2-4-6-15/h2-9,11-12H,10H2,1H3. The first kappa shape index (κ1) is 13.2. The molecule has 0 bridgehead atoms. The Morgan fingerprint density at radius 1 is 1.29 bits per heavy atom. The number of rotatable bonds is 4. The minimum absolute atomic E-state index is 0.0730. The summed E-state index contributed by atoms with van der Waals surface area (Å²) in [6, 6.07) is 11.5. The van der Waals surface area contributed by atoms with E-state index in [9.17, 15) is 4.79 Å². The number of aromatic nitrogens is 2. The minimum atomic E-state index is -0.0730. The van der Waals surface area contributed by atoms with Crippen molar-refractivity contribution in [2.75, 3.05) is 7.05 Å². The molecule has 0 unspecified atom stereocenters. The van der Waals surface area contributed by atoms with Crippen LogP contribution in [-0.4, -0.2) is 27.6 Å². The molecule has 5 heteroatoms. The van der Waals surface area contributed by atoms with Gasteiger partial charge in [-0.3, -0.25) is 4.79 Å². The van der Waals surface area contributed by atoms with Crippen molar-refractivity contribution in [3.05, 3.63) is 72.4 Å². The number of carbonyl (C=O) groups is 1. The number of carbonyl (C=O) groups excluding carboxylic acids is 1. The SMILES string of the molecule is CN(Cc1cnn(-c2ccccc2)c1)C(=O)c1ccoc1.